The summed E-state index contributed by atoms with van der Waals surface area (Å²) in [6.45, 7) is 1.67. The molecule has 1 aliphatic rings. The molecule has 0 spiro atoms. The zero-order chi connectivity index (χ0) is 20.8. The number of carbonyl (C=O) groups is 2. The largest absolute Gasteiger partial charge is 0.507 e. The highest BCUT2D eigenvalue weighted by Gasteiger charge is 2.27. The van der Waals surface area contributed by atoms with E-state index in [1.165, 1.54) is 32.4 Å². The van der Waals surface area contributed by atoms with Crippen LogP contribution >= 0.6 is 0 Å². The molecule has 0 aliphatic carbocycles. The van der Waals surface area contributed by atoms with E-state index in [-0.39, 0.29) is 41.2 Å². The molecular formula is C20H26O8. The van der Waals surface area contributed by atoms with Gasteiger partial charge in [0, 0.05) is 18.1 Å². The van der Waals surface area contributed by atoms with Crippen molar-refractivity contribution in [3.8, 4) is 17.2 Å². The third-order valence-electron chi connectivity index (χ3n) is 4.59. The predicted molar refractivity (Wildman–Crippen MR) is 101 cm³/mol. The van der Waals surface area contributed by atoms with Gasteiger partial charge in [0.05, 0.1) is 26.4 Å². The average Bonchev–Trinajstić information content (AvgIpc) is 2.65. The Bertz CT molecular complexity index is 755. The number of methoxy groups -OCH3 is 2. The maximum atomic E-state index is 12.7. The molecule has 3 atom stereocenters. The smallest absolute Gasteiger partial charge is 0.342 e. The van der Waals surface area contributed by atoms with Crippen LogP contribution in [0.2, 0.25) is 0 Å². The summed E-state index contributed by atoms with van der Waals surface area (Å²) >= 11 is 0. The van der Waals surface area contributed by atoms with E-state index in [0.29, 0.717) is 12.8 Å². The second-order valence-corrected chi connectivity index (χ2v) is 6.64. The van der Waals surface area contributed by atoms with Crippen molar-refractivity contribution in [1.82, 2.24) is 0 Å². The molecule has 2 rings (SSSR count). The lowest BCUT2D eigenvalue weighted by Crippen LogP contribution is -2.33. The van der Waals surface area contributed by atoms with Crippen LogP contribution in [-0.2, 0) is 9.53 Å². The van der Waals surface area contributed by atoms with Gasteiger partial charge >= 0.3 is 5.97 Å². The zero-order valence-electron chi connectivity index (χ0n) is 16.2. The van der Waals surface area contributed by atoms with E-state index in [9.17, 15) is 24.9 Å². The summed E-state index contributed by atoms with van der Waals surface area (Å²) in [4.78, 5) is 24.7. The molecule has 0 radical (unpaired) electrons. The summed E-state index contributed by atoms with van der Waals surface area (Å²) in [6, 6.07) is 1.26. The number of cyclic esters (lactones) is 1. The van der Waals surface area contributed by atoms with Gasteiger partial charge in [-0.2, -0.15) is 0 Å². The van der Waals surface area contributed by atoms with Crippen molar-refractivity contribution in [3.05, 3.63) is 23.3 Å². The summed E-state index contributed by atoms with van der Waals surface area (Å²) in [5.74, 6) is -1.13. The number of rotatable bonds is 2. The van der Waals surface area contributed by atoms with E-state index in [0.717, 1.165) is 0 Å². The monoisotopic (exact) mass is 394 g/mol. The van der Waals surface area contributed by atoms with Crippen LogP contribution in [0.1, 0.15) is 48.5 Å². The number of phenolic OH excluding ortho intramolecular Hbond substituents is 1. The lowest BCUT2D eigenvalue weighted by Gasteiger charge is -2.20. The second kappa shape index (κ2) is 9.57. The fourth-order valence-electron chi connectivity index (χ4n) is 3.06. The Morgan fingerprint density at radius 2 is 1.89 bits per heavy atom. The number of Topliss-reactive ketones (excluding diaryl/α,β-unsaturated/α-hetero) is 1. The predicted octanol–water partition coefficient (Wildman–Crippen LogP) is 1.83. The molecule has 0 saturated heterocycles. The normalized spacial score (nSPS) is 25.2. The van der Waals surface area contributed by atoms with Gasteiger partial charge in [0.2, 0.25) is 0 Å². The molecule has 154 valence electrons. The van der Waals surface area contributed by atoms with Gasteiger partial charge in [-0.25, -0.2) is 4.79 Å². The highest BCUT2D eigenvalue weighted by molar-refractivity contribution is 5.98. The van der Waals surface area contributed by atoms with Gasteiger partial charge < -0.3 is 29.5 Å². The third kappa shape index (κ3) is 4.82. The van der Waals surface area contributed by atoms with Gasteiger partial charge in [-0.3, -0.25) is 4.79 Å². The fourth-order valence-corrected chi connectivity index (χ4v) is 3.06. The summed E-state index contributed by atoms with van der Waals surface area (Å²) in [7, 11) is 2.78. The van der Waals surface area contributed by atoms with E-state index >= 15 is 0 Å². The van der Waals surface area contributed by atoms with Crippen LogP contribution in [0.4, 0.5) is 0 Å². The van der Waals surface area contributed by atoms with E-state index < -0.39 is 30.1 Å². The number of hydrogen-bond acceptors (Lipinski definition) is 8. The van der Waals surface area contributed by atoms with Crippen LogP contribution in [0.25, 0.3) is 6.08 Å². The van der Waals surface area contributed by atoms with E-state index in [2.05, 4.69) is 0 Å². The molecule has 8 nitrogen and oxygen atoms in total. The van der Waals surface area contributed by atoms with Gasteiger partial charge in [-0.1, -0.05) is 12.2 Å². The van der Waals surface area contributed by atoms with Gasteiger partial charge in [0.15, 0.2) is 17.3 Å². The Kier molecular flexibility index (Phi) is 7.42. The topological polar surface area (TPSA) is 123 Å². The molecule has 3 N–H and O–H groups in total. The Morgan fingerprint density at radius 3 is 2.54 bits per heavy atom. The summed E-state index contributed by atoms with van der Waals surface area (Å²) < 4.78 is 15.9. The SMILES string of the molecule is COc1cc(O)c2c(c1OC)/C=C\C[C@@H](O)[C@@H](O)C(=O)CCC[C@H](C)OC2=O. The number of fused-ring (bicyclic) bond motifs is 1. The van der Waals surface area contributed by atoms with E-state index in [4.69, 9.17) is 14.2 Å². The molecule has 28 heavy (non-hydrogen) atoms. The molecule has 8 heteroatoms. The van der Waals surface area contributed by atoms with E-state index in [1.54, 1.807) is 6.92 Å². The van der Waals surface area contributed by atoms with Crippen molar-refractivity contribution in [2.45, 2.75) is 50.9 Å². The van der Waals surface area contributed by atoms with Crippen LogP contribution in [0.3, 0.4) is 0 Å². The fraction of sp³-hybridized carbons (Fsp3) is 0.500. The first-order chi connectivity index (χ1) is 13.3. The van der Waals surface area contributed by atoms with Crippen LogP contribution in [0.15, 0.2) is 12.1 Å². The van der Waals surface area contributed by atoms with Crippen LogP contribution in [-0.4, -0.2) is 59.6 Å². The molecule has 0 fully saturated rings. The number of ether oxygens (including phenoxy) is 3. The molecule has 0 bridgehead atoms. The molecule has 1 heterocycles. The first-order valence-electron chi connectivity index (χ1n) is 9.04. The van der Waals surface area contributed by atoms with E-state index in [1.807, 2.05) is 0 Å². The number of esters is 1. The highest BCUT2D eigenvalue weighted by atomic mass is 16.5. The molecule has 0 saturated carbocycles. The summed E-state index contributed by atoms with van der Waals surface area (Å²) in [5, 5.41) is 30.4. The van der Waals surface area contributed by atoms with Crippen molar-refractivity contribution < 1.29 is 39.1 Å². The van der Waals surface area contributed by atoms with Crippen LogP contribution in [0, 0.1) is 0 Å². The number of carbonyl (C=O) groups excluding carboxylic acids is 2. The minimum Gasteiger partial charge on any atom is -0.507 e. The maximum absolute atomic E-state index is 12.7. The molecule has 0 amide bonds. The minimum atomic E-state index is -1.49. The maximum Gasteiger partial charge on any atom is 0.342 e. The van der Waals surface area contributed by atoms with Crippen molar-refractivity contribution in [2.24, 2.45) is 0 Å². The molecule has 1 aromatic rings. The number of aromatic hydroxyl groups is 1. The number of hydrogen-bond donors (Lipinski definition) is 3. The first kappa shape index (κ1) is 21.7. The van der Waals surface area contributed by atoms with Gasteiger partial charge in [0.25, 0.3) is 0 Å². The lowest BCUT2D eigenvalue weighted by atomic mass is 9.99. The Labute approximate surface area is 163 Å². The van der Waals surface area contributed by atoms with Gasteiger partial charge in [0.1, 0.15) is 17.4 Å². The lowest BCUT2D eigenvalue weighted by molar-refractivity contribution is -0.132. The van der Waals surface area contributed by atoms with Crippen LogP contribution in [0.5, 0.6) is 17.2 Å². The van der Waals surface area contributed by atoms with Crippen molar-refractivity contribution in [2.75, 3.05) is 14.2 Å². The van der Waals surface area contributed by atoms with Gasteiger partial charge in [-0.05, 0) is 26.2 Å². The molecular weight excluding hydrogens is 368 g/mol. The third-order valence-corrected chi connectivity index (χ3v) is 4.59. The molecule has 0 aromatic heterocycles. The highest BCUT2D eigenvalue weighted by Crippen LogP contribution is 2.40. The molecule has 0 unspecified atom stereocenters. The number of aliphatic hydroxyl groups excluding tert-OH is 2. The Balaban J connectivity index is 2.55. The number of ketones is 1. The second-order valence-electron chi connectivity index (χ2n) is 6.64. The standard InChI is InChI=1S/C20H26O8/c1-11-6-4-8-13(21)18(24)14(22)9-5-7-12-17(20(25)28-11)15(23)10-16(26-2)19(12)27-3/h5,7,10-11,14,18,22-24H,4,6,8-9H2,1-3H3/b7-5-/t11-,14+,18-/m0/s1. The average molecular weight is 394 g/mol. The zero-order valence-corrected chi connectivity index (χ0v) is 16.2. The number of aliphatic hydroxyl groups is 2. The summed E-state index contributed by atoms with van der Waals surface area (Å²) in [5.41, 5.74) is 0.116. The molecule has 1 aromatic carbocycles. The Hall–Kier alpha value is -2.58. The Morgan fingerprint density at radius 1 is 1.18 bits per heavy atom. The number of phenols is 1. The van der Waals surface area contributed by atoms with Crippen molar-refractivity contribution >= 4 is 17.8 Å². The first-order valence-corrected chi connectivity index (χ1v) is 9.04. The summed E-state index contributed by atoms with van der Waals surface area (Å²) in [6.07, 6.45) is 0.426. The molecule has 1 aliphatic heterocycles. The minimum absolute atomic E-state index is 0.0427. The quantitative estimate of drug-likeness (QED) is 0.650. The van der Waals surface area contributed by atoms with Gasteiger partial charge in [-0.15, -0.1) is 0 Å². The number of benzene rings is 1. The van der Waals surface area contributed by atoms with Crippen molar-refractivity contribution in [3.63, 3.8) is 0 Å². The van der Waals surface area contributed by atoms with Crippen molar-refractivity contribution in [1.29, 1.82) is 0 Å². The van der Waals surface area contributed by atoms with Crippen LogP contribution < -0.4 is 9.47 Å².